The van der Waals surface area contributed by atoms with Gasteiger partial charge < -0.3 is 5.32 Å². The second-order valence-electron chi connectivity index (χ2n) is 4.55. The molecule has 7 heteroatoms. The minimum atomic E-state index is -3.38. The standard InChI is InChI=1S/C11H20N4O2S/c1-8(2)11-14-9(3)7-10(15-11)13-5-4-6-18(12,16)17/h7-8H,4-6H2,1-3H3,(H2,12,16,17)(H,13,14,15). The van der Waals surface area contributed by atoms with Crippen molar-refractivity contribution >= 4 is 15.8 Å². The van der Waals surface area contributed by atoms with Crippen LogP contribution < -0.4 is 10.5 Å². The van der Waals surface area contributed by atoms with Gasteiger partial charge in [-0.05, 0) is 13.3 Å². The third-order valence-electron chi connectivity index (χ3n) is 2.30. The normalized spacial score (nSPS) is 11.8. The molecule has 6 nitrogen and oxygen atoms in total. The third kappa shape index (κ3) is 5.42. The van der Waals surface area contributed by atoms with E-state index in [1.165, 1.54) is 0 Å². The maximum atomic E-state index is 10.8. The zero-order valence-corrected chi connectivity index (χ0v) is 11.8. The molecule has 0 radical (unpaired) electrons. The molecule has 0 aliphatic carbocycles. The summed E-state index contributed by atoms with van der Waals surface area (Å²) in [5.74, 6) is 1.74. The lowest BCUT2D eigenvalue weighted by Gasteiger charge is -2.09. The van der Waals surface area contributed by atoms with Crippen LogP contribution >= 0.6 is 0 Å². The van der Waals surface area contributed by atoms with E-state index in [4.69, 9.17) is 5.14 Å². The van der Waals surface area contributed by atoms with Crippen LogP contribution in [-0.2, 0) is 10.0 Å². The zero-order chi connectivity index (χ0) is 13.8. The number of anilines is 1. The first kappa shape index (κ1) is 14.8. The number of primary sulfonamides is 1. The van der Waals surface area contributed by atoms with Crippen LogP contribution in [0.5, 0.6) is 0 Å². The minimum Gasteiger partial charge on any atom is -0.370 e. The van der Waals surface area contributed by atoms with Crippen molar-refractivity contribution in [2.24, 2.45) is 5.14 Å². The molecule has 0 aromatic carbocycles. The number of sulfonamides is 1. The van der Waals surface area contributed by atoms with Gasteiger partial charge in [0.2, 0.25) is 10.0 Å². The third-order valence-corrected chi connectivity index (χ3v) is 3.16. The Bertz CT molecular complexity index is 500. The Labute approximate surface area is 108 Å². The van der Waals surface area contributed by atoms with Crippen molar-refractivity contribution in [3.05, 3.63) is 17.6 Å². The lowest BCUT2D eigenvalue weighted by atomic mass is 10.2. The topological polar surface area (TPSA) is 98.0 Å². The fraction of sp³-hybridized carbons (Fsp3) is 0.636. The summed E-state index contributed by atoms with van der Waals surface area (Å²) in [5.41, 5.74) is 0.891. The highest BCUT2D eigenvalue weighted by Gasteiger charge is 2.06. The number of nitrogens with zero attached hydrogens (tertiary/aromatic N) is 2. The van der Waals surface area contributed by atoms with Gasteiger partial charge in [-0.3, -0.25) is 0 Å². The van der Waals surface area contributed by atoms with Gasteiger partial charge in [-0.25, -0.2) is 23.5 Å². The van der Waals surface area contributed by atoms with E-state index in [2.05, 4.69) is 15.3 Å². The molecule has 0 amide bonds. The predicted octanol–water partition coefficient (Wildman–Crippen LogP) is 0.999. The Morgan fingerprint density at radius 2 is 2.06 bits per heavy atom. The van der Waals surface area contributed by atoms with Crippen LogP contribution in [0.15, 0.2) is 6.07 Å². The van der Waals surface area contributed by atoms with Gasteiger partial charge in [0.05, 0.1) is 5.75 Å². The summed E-state index contributed by atoms with van der Waals surface area (Å²) in [4.78, 5) is 8.70. The minimum absolute atomic E-state index is 0.0267. The van der Waals surface area contributed by atoms with Crippen molar-refractivity contribution in [1.29, 1.82) is 0 Å². The highest BCUT2D eigenvalue weighted by molar-refractivity contribution is 7.89. The summed E-state index contributed by atoms with van der Waals surface area (Å²) in [6, 6.07) is 1.84. The molecule has 0 saturated heterocycles. The highest BCUT2D eigenvalue weighted by atomic mass is 32.2. The van der Waals surface area contributed by atoms with E-state index < -0.39 is 10.0 Å². The first-order chi connectivity index (χ1) is 8.28. The van der Waals surface area contributed by atoms with E-state index in [0.29, 0.717) is 13.0 Å². The molecule has 0 spiro atoms. The Morgan fingerprint density at radius 3 is 2.61 bits per heavy atom. The zero-order valence-electron chi connectivity index (χ0n) is 11.0. The van der Waals surface area contributed by atoms with E-state index >= 15 is 0 Å². The van der Waals surface area contributed by atoms with Crippen LogP contribution in [0.4, 0.5) is 5.82 Å². The lowest BCUT2D eigenvalue weighted by Crippen LogP contribution is -2.19. The molecule has 0 aliphatic rings. The fourth-order valence-corrected chi connectivity index (χ4v) is 1.98. The van der Waals surface area contributed by atoms with Crippen molar-refractivity contribution in [1.82, 2.24) is 9.97 Å². The Morgan fingerprint density at radius 1 is 1.39 bits per heavy atom. The van der Waals surface area contributed by atoms with Gasteiger partial charge in [-0.1, -0.05) is 13.8 Å². The molecule has 1 rings (SSSR count). The molecule has 102 valence electrons. The molecule has 18 heavy (non-hydrogen) atoms. The number of hydrogen-bond acceptors (Lipinski definition) is 5. The smallest absolute Gasteiger partial charge is 0.209 e. The molecule has 1 heterocycles. The first-order valence-electron chi connectivity index (χ1n) is 5.88. The monoisotopic (exact) mass is 272 g/mol. The Balaban J connectivity index is 2.57. The van der Waals surface area contributed by atoms with Crippen molar-refractivity contribution in [3.8, 4) is 0 Å². The van der Waals surface area contributed by atoms with Crippen LogP contribution in [0.25, 0.3) is 0 Å². The second kappa shape index (κ2) is 6.10. The number of hydrogen-bond donors (Lipinski definition) is 2. The van der Waals surface area contributed by atoms with E-state index in [-0.39, 0.29) is 11.7 Å². The number of nitrogens with one attached hydrogen (secondary N) is 1. The molecular formula is C11H20N4O2S. The highest BCUT2D eigenvalue weighted by Crippen LogP contribution is 2.13. The SMILES string of the molecule is Cc1cc(NCCCS(N)(=O)=O)nc(C(C)C)n1. The summed E-state index contributed by atoms with van der Waals surface area (Å²) >= 11 is 0. The molecule has 0 saturated carbocycles. The molecule has 0 atom stereocenters. The maximum absolute atomic E-state index is 10.8. The second-order valence-corrected chi connectivity index (χ2v) is 6.29. The molecule has 0 unspecified atom stereocenters. The predicted molar refractivity (Wildman–Crippen MR) is 71.9 cm³/mol. The first-order valence-corrected chi connectivity index (χ1v) is 7.59. The van der Waals surface area contributed by atoms with E-state index in [1.54, 1.807) is 0 Å². The van der Waals surface area contributed by atoms with Gasteiger partial charge in [0.15, 0.2) is 0 Å². The van der Waals surface area contributed by atoms with E-state index in [9.17, 15) is 8.42 Å². The summed E-state index contributed by atoms with van der Waals surface area (Å²) in [6.07, 6.45) is 0.457. The Hall–Kier alpha value is -1.21. The number of aromatic nitrogens is 2. The average molecular weight is 272 g/mol. The van der Waals surface area contributed by atoms with E-state index in [1.807, 2.05) is 26.8 Å². The van der Waals surface area contributed by atoms with Gasteiger partial charge >= 0.3 is 0 Å². The summed E-state index contributed by atoms with van der Waals surface area (Å²) < 4.78 is 21.5. The summed E-state index contributed by atoms with van der Waals surface area (Å²) in [5, 5.41) is 8.00. The number of rotatable bonds is 6. The van der Waals surface area contributed by atoms with Gasteiger partial charge in [-0.15, -0.1) is 0 Å². The van der Waals surface area contributed by atoms with Crippen LogP contribution in [0.3, 0.4) is 0 Å². The fourth-order valence-electron chi connectivity index (χ4n) is 1.43. The average Bonchev–Trinajstić information content (AvgIpc) is 2.22. The quantitative estimate of drug-likeness (QED) is 0.753. The van der Waals surface area contributed by atoms with Gasteiger partial charge in [0.1, 0.15) is 11.6 Å². The largest absolute Gasteiger partial charge is 0.370 e. The lowest BCUT2D eigenvalue weighted by molar-refractivity contribution is 0.595. The van der Waals surface area contributed by atoms with Crippen molar-refractivity contribution < 1.29 is 8.42 Å². The molecular weight excluding hydrogens is 252 g/mol. The van der Waals surface area contributed by atoms with Crippen molar-refractivity contribution in [3.63, 3.8) is 0 Å². The molecule has 1 aromatic rings. The van der Waals surface area contributed by atoms with Gasteiger partial charge in [0.25, 0.3) is 0 Å². The summed E-state index contributed by atoms with van der Waals surface area (Å²) in [6.45, 7) is 6.48. The van der Waals surface area contributed by atoms with Crippen molar-refractivity contribution in [2.75, 3.05) is 17.6 Å². The Kier molecular flexibility index (Phi) is 5.03. The van der Waals surface area contributed by atoms with Crippen molar-refractivity contribution in [2.45, 2.75) is 33.1 Å². The van der Waals surface area contributed by atoms with Gasteiger partial charge in [-0.2, -0.15) is 0 Å². The summed E-state index contributed by atoms with van der Waals surface area (Å²) in [7, 11) is -3.38. The molecule has 0 fully saturated rings. The molecule has 0 bridgehead atoms. The molecule has 3 N–H and O–H groups in total. The van der Waals surface area contributed by atoms with Crippen LogP contribution in [0.1, 0.15) is 37.7 Å². The van der Waals surface area contributed by atoms with Crippen LogP contribution in [0, 0.1) is 6.92 Å². The van der Waals surface area contributed by atoms with Crippen LogP contribution in [-0.4, -0.2) is 30.7 Å². The van der Waals surface area contributed by atoms with Crippen LogP contribution in [0.2, 0.25) is 0 Å². The van der Waals surface area contributed by atoms with Gasteiger partial charge in [0, 0.05) is 24.2 Å². The number of nitrogens with two attached hydrogens (primary N) is 1. The maximum Gasteiger partial charge on any atom is 0.209 e. The molecule has 1 aromatic heterocycles. The number of aryl methyl sites for hydroxylation is 1. The molecule has 0 aliphatic heterocycles. The van der Waals surface area contributed by atoms with E-state index in [0.717, 1.165) is 17.3 Å².